The molecular weight excluding hydrogens is 316 g/mol. The van der Waals surface area contributed by atoms with E-state index in [9.17, 15) is 4.79 Å². The maximum Gasteiger partial charge on any atom is 0.255 e. The molecule has 0 aliphatic rings. The summed E-state index contributed by atoms with van der Waals surface area (Å²) in [5.74, 6) is 1.17. The highest BCUT2D eigenvalue weighted by atomic mass is 32.1. The van der Waals surface area contributed by atoms with Crippen LogP contribution >= 0.6 is 11.3 Å². The lowest BCUT2D eigenvalue weighted by atomic mass is 10.1. The first-order valence-electron chi connectivity index (χ1n) is 7.14. The topological polar surface area (TPSA) is 69.7 Å². The molecule has 0 saturated carbocycles. The van der Waals surface area contributed by atoms with Crippen molar-refractivity contribution in [3.05, 3.63) is 23.6 Å². The van der Waals surface area contributed by atoms with Crippen molar-refractivity contribution in [1.82, 2.24) is 4.98 Å². The highest BCUT2D eigenvalue weighted by molar-refractivity contribution is 7.14. The fraction of sp³-hybridized carbons (Fsp3) is 0.375. The normalized spacial score (nSPS) is 11.8. The van der Waals surface area contributed by atoms with Crippen LogP contribution in [0.1, 0.15) is 13.3 Å². The molecule has 124 valence electrons. The third kappa shape index (κ3) is 4.00. The van der Waals surface area contributed by atoms with Crippen LogP contribution in [0.3, 0.4) is 0 Å². The molecule has 1 aromatic carbocycles. The molecule has 7 heteroatoms. The summed E-state index contributed by atoms with van der Waals surface area (Å²) in [6.45, 7) is 1.89. The number of thiazole rings is 1. The summed E-state index contributed by atoms with van der Waals surface area (Å²) >= 11 is 1.35. The van der Waals surface area contributed by atoms with Gasteiger partial charge in [-0.2, -0.15) is 0 Å². The minimum Gasteiger partial charge on any atom is -0.497 e. The van der Waals surface area contributed by atoms with Crippen LogP contribution in [0.4, 0.5) is 5.13 Å². The van der Waals surface area contributed by atoms with Crippen molar-refractivity contribution in [3.8, 4) is 22.8 Å². The van der Waals surface area contributed by atoms with E-state index in [1.165, 1.54) is 18.4 Å². The monoisotopic (exact) mass is 336 g/mol. The minimum atomic E-state index is -0.474. The Kier molecular flexibility index (Phi) is 5.95. The van der Waals surface area contributed by atoms with E-state index in [-0.39, 0.29) is 5.91 Å². The molecule has 2 rings (SSSR count). The number of benzene rings is 1. The van der Waals surface area contributed by atoms with Crippen LogP contribution < -0.4 is 14.8 Å². The van der Waals surface area contributed by atoms with Gasteiger partial charge in [-0.05, 0) is 18.6 Å². The maximum atomic E-state index is 12.0. The number of rotatable bonds is 7. The number of carbonyl (C=O) groups is 1. The van der Waals surface area contributed by atoms with E-state index in [0.29, 0.717) is 23.1 Å². The average molecular weight is 336 g/mol. The van der Waals surface area contributed by atoms with Crippen molar-refractivity contribution in [3.63, 3.8) is 0 Å². The van der Waals surface area contributed by atoms with Gasteiger partial charge in [-0.3, -0.25) is 10.1 Å². The zero-order valence-electron chi connectivity index (χ0n) is 13.6. The van der Waals surface area contributed by atoms with Crippen molar-refractivity contribution < 1.29 is 19.0 Å². The van der Waals surface area contributed by atoms with Crippen LogP contribution in [0, 0.1) is 0 Å². The molecule has 6 nitrogen and oxygen atoms in total. The van der Waals surface area contributed by atoms with Gasteiger partial charge in [0.05, 0.1) is 19.9 Å². The van der Waals surface area contributed by atoms with E-state index < -0.39 is 6.10 Å². The standard InChI is InChI=1S/C16H20N2O4S/c1-5-13(21-3)15(19)18-16-17-12(9-23-16)11-7-6-10(20-2)8-14(11)22-4/h6-9,13H,5H2,1-4H3,(H,17,18,19)/t13-/m1/s1. The van der Waals surface area contributed by atoms with E-state index in [2.05, 4.69) is 10.3 Å². The number of nitrogens with zero attached hydrogens (tertiary/aromatic N) is 1. The van der Waals surface area contributed by atoms with Crippen molar-refractivity contribution in [2.24, 2.45) is 0 Å². The van der Waals surface area contributed by atoms with Gasteiger partial charge in [-0.15, -0.1) is 11.3 Å². The number of amides is 1. The molecule has 1 aromatic heterocycles. The summed E-state index contributed by atoms with van der Waals surface area (Å²) in [4.78, 5) is 16.5. The summed E-state index contributed by atoms with van der Waals surface area (Å²) in [5, 5.41) is 5.17. The van der Waals surface area contributed by atoms with E-state index >= 15 is 0 Å². The summed E-state index contributed by atoms with van der Waals surface area (Å²) in [6.07, 6.45) is 0.130. The third-order valence-corrected chi connectivity index (χ3v) is 4.12. The second-order valence-corrected chi connectivity index (χ2v) is 5.58. The highest BCUT2D eigenvalue weighted by Crippen LogP contribution is 2.34. The first-order chi connectivity index (χ1) is 11.1. The number of hydrogen-bond donors (Lipinski definition) is 1. The number of methoxy groups -OCH3 is 3. The Balaban J connectivity index is 2.21. The van der Waals surface area contributed by atoms with E-state index in [1.54, 1.807) is 20.3 Å². The Morgan fingerprint density at radius 3 is 2.70 bits per heavy atom. The van der Waals surface area contributed by atoms with Crippen LogP contribution in [-0.4, -0.2) is 38.3 Å². The van der Waals surface area contributed by atoms with Crippen molar-refractivity contribution in [2.75, 3.05) is 26.6 Å². The van der Waals surface area contributed by atoms with Crippen LogP contribution in [0.15, 0.2) is 23.6 Å². The summed E-state index contributed by atoms with van der Waals surface area (Å²) < 4.78 is 15.7. The predicted octanol–water partition coefficient (Wildman–Crippen LogP) is 3.19. The number of carbonyl (C=O) groups excluding carboxylic acids is 1. The van der Waals surface area contributed by atoms with Gasteiger partial charge in [0.1, 0.15) is 17.6 Å². The molecule has 0 aliphatic heterocycles. The molecule has 1 amide bonds. The maximum absolute atomic E-state index is 12.0. The Morgan fingerprint density at radius 2 is 2.09 bits per heavy atom. The van der Waals surface area contributed by atoms with E-state index in [0.717, 1.165) is 11.3 Å². The molecule has 0 saturated heterocycles. The quantitative estimate of drug-likeness (QED) is 0.841. The van der Waals surface area contributed by atoms with Crippen molar-refractivity contribution in [2.45, 2.75) is 19.4 Å². The SMILES string of the molecule is CC[C@@H](OC)C(=O)Nc1nc(-c2ccc(OC)cc2OC)cs1. The first-order valence-corrected chi connectivity index (χ1v) is 8.02. The Labute approximate surface area is 139 Å². The molecule has 1 N–H and O–H groups in total. The molecule has 1 atom stereocenters. The summed E-state index contributed by atoms with van der Waals surface area (Å²) in [6, 6.07) is 5.51. The number of hydrogen-bond acceptors (Lipinski definition) is 6. The Morgan fingerprint density at radius 1 is 1.30 bits per heavy atom. The van der Waals surface area contributed by atoms with Gasteiger partial charge in [-0.1, -0.05) is 6.92 Å². The van der Waals surface area contributed by atoms with Gasteiger partial charge < -0.3 is 14.2 Å². The van der Waals surface area contributed by atoms with Gasteiger partial charge >= 0.3 is 0 Å². The van der Waals surface area contributed by atoms with Crippen molar-refractivity contribution in [1.29, 1.82) is 0 Å². The Bertz CT molecular complexity index is 668. The molecule has 1 heterocycles. The predicted molar refractivity (Wildman–Crippen MR) is 90.4 cm³/mol. The number of nitrogens with one attached hydrogen (secondary N) is 1. The second-order valence-electron chi connectivity index (χ2n) is 4.73. The van der Waals surface area contributed by atoms with Gasteiger partial charge in [0.2, 0.25) is 0 Å². The average Bonchev–Trinajstić information content (AvgIpc) is 3.03. The lowest BCUT2D eigenvalue weighted by molar-refractivity contribution is -0.125. The zero-order chi connectivity index (χ0) is 16.8. The molecule has 2 aromatic rings. The van der Waals surface area contributed by atoms with Gasteiger partial charge in [0, 0.05) is 24.1 Å². The smallest absolute Gasteiger partial charge is 0.255 e. The third-order valence-electron chi connectivity index (χ3n) is 3.37. The zero-order valence-corrected chi connectivity index (χ0v) is 14.4. The van der Waals surface area contributed by atoms with Crippen LogP contribution in [0.25, 0.3) is 11.3 Å². The molecule has 0 bridgehead atoms. The number of anilines is 1. The minimum absolute atomic E-state index is 0.197. The first kappa shape index (κ1) is 17.2. The van der Waals surface area contributed by atoms with Crippen LogP contribution in [0.5, 0.6) is 11.5 Å². The van der Waals surface area contributed by atoms with Crippen molar-refractivity contribution >= 4 is 22.4 Å². The largest absolute Gasteiger partial charge is 0.497 e. The summed E-state index contributed by atoms with van der Waals surface area (Å²) in [5.41, 5.74) is 1.57. The van der Waals surface area contributed by atoms with Gasteiger partial charge in [-0.25, -0.2) is 4.98 Å². The molecular formula is C16H20N2O4S. The molecule has 23 heavy (non-hydrogen) atoms. The lowest BCUT2D eigenvalue weighted by Gasteiger charge is -2.11. The number of aromatic nitrogens is 1. The molecule has 0 fully saturated rings. The number of ether oxygens (including phenoxy) is 3. The second kappa shape index (κ2) is 7.94. The fourth-order valence-electron chi connectivity index (χ4n) is 2.11. The molecule has 0 unspecified atom stereocenters. The van der Waals surface area contributed by atoms with Crippen LogP contribution in [0.2, 0.25) is 0 Å². The van der Waals surface area contributed by atoms with Gasteiger partial charge in [0.15, 0.2) is 5.13 Å². The Hall–Kier alpha value is -2.12. The van der Waals surface area contributed by atoms with E-state index in [1.807, 2.05) is 24.4 Å². The van der Waals surface area contributed by atoms with Gasteiger partial charge in [0.25, 0.3) is 5.91 Å². The molecule has 0 spiro atoms. The highest BCUT2D eigenvalue weighted by Gasteiger charge is 2.18. The fourth-order valence-corrected chi connectivity index (χ4v) is 2.82. The van der Waals surface area contributed by atoms with E-state index in [4.69, 9.17) is 14.2 Å². The summed E-state index contributed by atoms with van der Waals surface area (Å²) in [7, 11) is 4.71. The molecule has 0 radical (unpaired) electrons. The molecule has 0 aliphatic carbocycles. The van der Waals surface area contributed by atoms with Crippen LogP contribution in [-0.2, 0) is 9.53 Å². The lowest BCUT2D eigenvalue weighted by Crippen LogP contribution is -2.28.